The third-order valence-electron chi connectivity index (χ3n) is 2.92. The molecular weight excluding hydrogens is 252 g/mol. The number of carboxylic acids is 1. The molecule has 100 valence electrons. The third kappa shape index (κ3) is 4.57. The van der Waals surface area contributed by atoms with Crippen LogP contribution in [-0.2, 0) is 4.79 Å². The first kappa shape index (κ1) is 14.8. The van der Waals surface area contributed by atoms with E-state index in [0.29, 0.717) is 17.4 Å². The molecule has 1 unspecified atom stereocenters. The molecule has 3 nitrogen and oxygen atoms in total. The van der Waals surface area contributed by atoms with Gasteiger partial charge in [-0.1, -0.05) is 31.5 Å². The van der Waals surface area contributed by atoms with Crippen LogP contribution < -0.4 is 4.74 Å². The lowest BCUT2D eigenvalue weighted by atomic mass is 9.93. The molecule has 1 aromatic carbocycles. The van der Waals surface area contributed by atoms with Crippen LogP contribution in [0.4, 0.5) is 0 Å². The van der Waals surface area contributed by atoms with E-state index in [1.165, 1.54) is 0 Å². The van der Waals surface area contributed by atoms with Gasteiger partial charge in [0.2, 0.25) is 0 Å². The Morgan fingerprint density at radius 2 is 2.11 bits per heavy atom. The molecule has 0 heterocycles. The van der Waals surface area contributed by atoms with E-state index in [2.05, 4.69) is 0 Å². The fourth-order valence-corrected chi connectivity index (χ4v) is 1.80. The highest BCUT2D eigenvalue weighted by Gasteiger charge is 2.18. The molecule has 0 aliphatic rings. The molecule has 0 saturated heterocycles. The van der Waals surface area contributed by atoms with Crippen LogP contribution in [-0.4, -0.2) is 17.7 Å². The maximum absolute atomic E-state index is 10.8. The Morgan fingerprint density at radius 1 is 1.44 bits per heavy atom. The third-order valence-corrected chi connectivity index (χ3v) is 3.23. The summed E-state index contributed by atoms with van der Waals surface area (Å²) in [6.45, 7) is 6.32. The number of rotatable bonds is 6. The average molecular weight is 271 g/mol. The topological polar surface area (TPSA) is 46.5 Å². The van der Waals surface area contributed by atoms with Gasteiger partial charge in [-0.3, -0.25) is 4.79 Å². The molecule has 0 fully saturated rings. The monoisotopic (exact) mass is 270 g/mol. The Bertz CT molecular complexity index is 416. The number of benzene rings is 1. The molecule has 4 heteroatoms. The highest BCUT2D eigenvalue weighted by Crippen LogP contribution is 2.27. The lowest BCUT2D eigenvalue weighted by molar-refractivity contribution is -0.138. The second-order valence-electron chi connectivity index (χ2n) is 4.85. The predicted octanol–water partition coefficient (Wildman–Crippen LogP) is 3.77. The molecule has 0 aliphatic heterocycles. The zero-order valence-electron chi connectivity index (χ0n) is 10.9. The molecule has 1 rings (SSSR count). The first-order chi connectivity index (χ1) is 8.40. The summed E-state index contributed by atoms with van der Waals surface area (Å²) in [5.74, 6) is 0.0594. The minimum atomic E-state index is -0.798. The Balaban J connectivity index is 2.66. The molecule has 1 aromatic rings. The van der Waals surface area contributed by atoms with Crippen LogP contribution in [0.25, 0.3) is 0 Å². The van der Waals surface area contributed by atoms with Crippen LogP contribution in [0.15, 0.2) is 18.2 Å². The van der Waals surface area contributed by atoms with Crippen molar-refractivity contribution in [2.75, 3.05) is 6.61 Å². The predicted molar refractivity (Wildman–Crippen MR) is 72.3 cm³/mol. The van der Waals surface area contributed by atoms with E-state index >= 15 is 0 Å². The first-order valence-corrected chi connectivity index (χ1v) is 6.38. The summed E-state index contributed by atoms with van der Waals surface area (Å²) in [5, 5.41) is 9.40. The summed E-state index contributed by atoms with van der Waals surface area (Å²) in [4.78, 5) is 10.8. The number of aryl methyl sites for hydroxylation is 1. The van der Waals surface area contributed by atoms with E-state index in [0.717, 1.165) is 5.56 Å². The molecule has 0 saturated carbocycles. The SMILES string of the molecule is Cc1ccc(Cl)c(OCC(CC(=O)O)C(C)C)c1. The van der Waals surface area contributed by atoms with Crippen LogP contribution in [0, 0.1) is 18.8 Å². The number of hydrogen-bond donors (Lipinski definition) is 1. The highest BCUT2D eigenvalue weighted by molar-refractivity contribution is 6.32. The molecule has 18 heavy (non-hydrogen) atoms. The van der Waals surface area contributed by atoms with Gasteiger partial charge in [0.15, 0.2) is 0 Å². The van der Waals surface area contributed by atoms with Crippen molar-refractivity contribution in [3.8, 4) is 5.75 Å². The van der Waals surface area contributed by atoms with Gasteiger partial charge in [0, 0.05) is 5.92 Å². The summed E-state index contributed by atoms with van der Waals surface area (Å²) >= 11 is 6.02. The van der Waals surface area contributed by atoms with Crippen molar-refractivity contribution in [1.82, 2.24) is 0 Å². The number of halogens is 1. The lowest BCUT2D eigenvalue weighted by Gasteiger charge is -2.20. The molecular formula is C14H19ClO3. The van der Waals surface area contributed by atoms with Crippen molar-refractivity contribution < 1.29 is 14.6 Å². The van der Waals surface area contributed by atoms with E-state index in [-0.39, 0.29) is 18.3 Å². The second-order valence-corrected chi connectivity index (χ2v) is 5.25. The van der Waals surface area contributed by atoms with Gasteiger partial charge >= 0.3 is 5.97 Å². The largest absolute Gasteiger partial charge is 0.492 e. The fraction of sp³-hybridized carbons (Fsp3) is 0.500. The maximum atomic E-state index is 10.8. The van der Waals surface area contributed by atoms with Crippen molar-refractivity contribution in [3.05, 3.63) is 28.8 Å². The van der Waals surface area contributed by atoms with Gasteiger partial charge in [-0.15, -0.1) is 0 Å². The van der Waals surface area contributed by atoms with E-state index < -0.39 is 5.97 Å². The minimum absolute atomic E-state index is 0.0147. The first-order valence-electron chi connectivity index (χ1n) is 6.01. The van der Waals surface area contributed by atoms with Crippen molar-refractivity contribution in [2.45, 2.75) is 27.2 Å². The summed E-state index contributed by atoms with van der Waals surface area (Å²) < 4.78 is 5.65. The summed E-state index contributed by atoms with van der Waals surface area (Å²) in [5.41, 5.74) is 1.06. The van der Waals surface area contributed by atoms with E-state index in [4.69, 9.17) is 21.4 Å². The number of carboxylic acid groups (broad SMARTS) is 1. The average Bonchev–Trinajstić information content (AvgIpc) is 2.27. The van der Waals surface area contributed by atoms with Crippen molar-refractivity contribution >= 4 is 17.6 Å². The van der Waals surface area contributed by atoms with Gasteiger partial charge in [-0.25, -0.2) is 0 Å². The van der Waals surface area contributed by atoms with Crippen LogP contribution in [0.3, 0.4) is 0 Å². The number of hydrogen-bond acceptors (Lipinski definition) is 2. The molecule has 1 atom stereocenters. The van der Waals surface area contributed by atoms with Crippen LogP contribution in [0.1, 0.15) is 25.8 Å². The van der Waals surface area contributed by atoms with Gasteiger partial charge in [0.05, 0.1) is 18.1 Å². The minimum Gasteiger partial charge on any atom is -0.492 e. The number of ether oxygens (including phenoxy) is 1. The summed E-state index contributed by atoms with van der Waals surface area (Å²) in [6.07, 6.45) is 0.112. The molecule has 0 aromatic heterocycles. The Kier molecular flexibility index (Phi) is 5.48. The van der Waals surface area contributed by atoms with Crippen molar-refractivity contribution in [1.29, 1.82) is 0 Å². The van der Waals surface area contributed by atoms with Crippen molar-refractivity contribution in [3.63, 3.8) is 0 Å². The molecule has 0 amide bonds. The summed E-state index contributed by atoms with van der Waals surface area (Å²) in [7, 11) is 0. The van der Waals surface area contributed by atoms with E-state index in [9.17, 15) is 4.79 Å². The quantitative estimate of drug-likeness (QED) is 0.856. The van der Waals surface area contributed by atoms with Crippen LogP contribution in [0.5, 0.6) is 5.75 Å². The molecule has 0 aliphatic carbocycles. The van der Waals surface area contributed by atoms with E-state index in [1.807, 2.05) is 32.9 Å². The molecule has 0 radical (unpaired) electrons. The second kappa shape index (κ2) is 6.64. The molecule has 0 spiro atoms. The van der Waals surface area contributed by atoms with Crippen LogP contribution in [0.2, 0.25) is 5.02 Å². The van der Waals surface area contributed by atoms with Gasteiger partial charge in [0.1, 0.15) is 5.75 Å². The smallest absolute Gasteiger partial charge is 0.303 e. The van der Waals surface area contributed by atoms with Crippen LogP contribution >= 0.6 is 11.6 Å². The Hall–Kier alpha value is -1.22. The maximum Gasteiger partial charge on any atom is 0.303 e. The zero-order valence-corrected chi connectivity index (χ0v) is 11.7. The van der Waals surface area contributed by atoms with Gasteiger partial charge in [0.25, 0.3) is 0 Å². The van der Waals surface area contributed by atoms with Gasteiger partial charge in [-0.2, -0.15) is 0 Å². The zero-order chi connectivity index (χ0) is 13.7. The lowest BCUT2D eigenvalue weighted by Crippen LogP contribution is -2.21. The Labute approximate surface area is 113 Å². The Morgan fingerprint density at radius 3 is 2.67 bits per heavy atom. The van der Waals surface area contributed by atoms with E-state index in [1.54, 1.807) is 6.07 Å². The van der Waals surface area contributed by atoms with Crippen molar-refractivity contribution in [2.24, 2.45) is 11.8 Å². The molecule has 1 N–H and O–H groups in total. The number of carbonyl (C=O) groups is 1. The van der Waals surface area contributed by atoms with Gasteiger partial charge < -0.3 is 9.84 Å². The highest BCUT2D eigenvalue weighted by atomic mass is 35.5. The molecule has 0 bridgehead atoms. The standard InChI is InChI=1S/C14H19ClO3/c1-9(2)11(7-14(16)17)8-18-13-6-10(3)4-5-12(13)15/h4-6,9,11H,7-8H2,1-3H3,(H,16,17). The summed E-state index contributed by atoms with van der Waals surface area (Å²) in [6, 6.07) is 5.56. The van der Waals surface area contributed by atoms with Gasteiger partial charge in [-0.05, 0) is 30.5 Å². The fourth-order valence-electron chi connectivity index (χ4n) is 1.63. The normalized spacial score (nSPS) is 12.5. The number of aliphatic carboxylic acids is 1.